The van der Waals surface area contributed by atoms with E-state index in [0.717, 1.165) is 25.3 Å². The number of alkyl halides is 2. The van der Waals surface area contributed by atoms with Gasteiger partial charge in [0.25, 0.3) is 5.92 Å². The van der Waals surface area contributed by atoms with Gasteiger partial charge in [-0.1, -0.05) is 18.2 Å². The van der Waals surface area contributed by atoms with Gasteiger partial charge < -0.3 is 19.5 Å². The number of methoxy groups -OCH3 is 1. The van der Waals surface area contributed by atoms with Crippen molar-refractivity contribution < 1.29 is 27.4 Å². The molecule has 2 aromatic carbocycles. The van der Waals surface area contributed by atoms with Gasteiger partial charge in [0.15, 0.2) is 11.5 Å². The highest BCUT2D eigenvalue weighted by molar-refractivity contribution is 5.91. The molecule has 1 heterocycles. The Kier molecular flexibility index (Phi) is 7.11. The lowest BCUT2D eigenvalue weighted by Crippen LogP contribution is -2.13. The molecule has 1 aliphatic carbocycles. The van der Waals surface area contributed by atoms with Crippen molar-refractivity contribution in [3.05, 3.63) is 53.1 Å². The summed E-state index contributed by atoms with van der Waals surface area (Å²) in [6.07, 6.45) is 3.40. The Bertz CT molecular complexity index is 1160. The fourth-order valence-electron chi connectivity index (χ4n) is 3.62. The fraction of sp³-hybridized carbons (Fsp3) is 0.440. The summed E-state index contributed by atoms with van der Waals surface area (Å²) in [5, 5.41) is 3.72. The number of benzene rings is 2. The van der Waals surface area contributed by atoms with Crippen LogP contribution in [0.5, 0.6) is 11.5 Å². The van der Waals surface area contributed by atoms with Crippen LogP contribution in [0.1, 0.15) is 43.1 Å². The highest BCUT2D eigenvalue weighted by Gasteiger charge is 2.29. The first-order valence-electron chi connectivity index (χ1n) is 11.3. The molecule has 1 aliphatic rings. The Morgan fingerprint density at radius 2 is 1.91 bits per heavy atom. The Labute approximate surface area is 196 Å². The summed E-state index contributed by atoms with van der Waals surface area (Å²) in [7, 11) is 1.55. The number of hydrogen-bond donors (Lipinski definition) is 1. The van der Waals surface area contributed by atoms with Crippen LogP contribution < -0.4 is 14.8 Å². The zero-order chi connectivity index (χ0) is 24.3. The van der Waals surface area contributed by atoms with E-state index in [9.17, 15) is 13.2 Å². The van der Waals surface area contributed by atoms with Crippen molar-refractivity contribution in [2.24, 2.45) is 0 Å². The third-order valence-corrected chi connectivity index (χ3v) is 5.52. The maximum atomic E-state index is 14.7. The molecule has 3 aromatic rings. The van der Waals surface area contributed by atoms with E-state index in [1.165, 1.54) is 12.1 Å². The zero-order valence-electron chi connectivity index (χ0n) is 19.5. The number of aromatic nitrogens is 2. The second kappa shape index (κ2) is 10.0. The Morgan fingerprint density at radius 1 is 1.12 bits per heavy atom. The molecule has 0 amide bonds. The molecule has 0 spiro atoms. The van der Waals surface area contributed by atoms with Crippen molar-refractivity contribution in [1.29, 1.82) is 0 Å². The number of fused-ring (bicyclic) bond motifs is 1. The molecule has 9 heteroatoms. The number of halogens is 3. The van der Waals surface area contributed by atoms with Gasteiger partial charge in [0, 0.05) is 36.9 Å². The average molecular weight is 476 g/mol. The predicted molar refractivity (Wildman–Crippen MR) is 123 cm³/mol. The van der Waals surface area contributed by atoms with Crippen LogP contribution in [0, 0.1) is 12.7 Å². The van der Waals surface area contributed by atoms with Gasteiger partial charge in [-0.05, 0) is 25.8 Å². The van der Waals surface area contributed by atoms with E-state index in [4.69, 9.17) is 14.2 Å². The van der Waals surface area contributed by atoms with Crippen molar-refractivity contribution in [2.45, 2.75) is 51.7 Å². The van der Waals surface area contributed by atoms with Crippen LogP contribution in [0.2, 0.25) is 0 Å². The van der Waals surface area contributed by atoms with Crippen LogP contribution in [-0.2, 0) is 17.2 Å². The van der Waals surface area contributed by atoms with Gasteiger partial charge in [-0.25, -0.2) is 23.1 Å². The average Bonchev–Trinajstić information content (AvgIpc) is 3.61. The lowest BCUT2D eigenvalue weighted by atomic mass is 10.0. The molecule has 182 valence electrons. The lowest BCUT2D eigenvalue weighted by Gasteiger charge is -2.16. The van der Waals surface area contributed by atoms with E-state index < -0.39 is 17.3 Å². The first-order chi connectivity index (χ1) is 16.3. The number of rotatable bonds is 11. The van der Waals surface area contributed by atoms with Crippen molar-refractivity contribution in [1.82, 2.24) is 9.97 Å². The third kappa shape index (κ3) is 5.70. The van der Waals surface area contributed by atoms with Crippen molar-refractivity contribution in [3.63, 3.8) is 0 Å². The minimum Gasteiger partial charge on any atom is -0.493 e. The molecule has 1 saturated carbocycles. The molecule has 0 radical (unpaired) electrons. The minimum atomic E-state index is -3.27. The molecule has 0 aliphatic heterocycles. The monoisotopic (exact) mass is 475 g/mol. The Morgan fingerprint density at radius 3 is 2.62 bits per heavy atom. The summed E-state index contributed by atoms with van der Waals surface area (Å²) in [5.41, 5.74) is 0.0938. The number of ether oxygens (including phenoxy) is 3. The van der Waals surface area contributed by atoms with Crippen LogP contribution >= 0.6 is 0 Å². The molecule has 0 unspecified atom stereocenters. The molecule has 0 saturated heterocycles. The number of aryl methyl sites for hydroxylation is 1. The van der Waals surface area contributed by atoms with E-state index >= 15 is 0 Å². The lowest BCUT2D eigenvalue weighted by molar-refractivity contribution is 0.0136. The Balaban J connectivity index is 1.55. The molecule has 1 fully saturated rings. The fourth-order valence-corrected chi connectivity index (χ4v) is 3.62. The third-order valence-electron chi connectivity index (χ3n) is 5.52. The molecule has 1 N–H and O–H groups in total. The highest BCUT2D eigenvalue weighted by atomic mass is 19.3. The summed E-state index contributed by atoms with van der Waals surface area (Å²) in [5.74, 6) is -2.21. The first kappa shape index (κ1) is 24.1. The largest absolute Gasteiger partial charge is 0.493 e. The summed E-state index contributed by atoms with van der Waals surface area (Å²) in [4.78, 5) is 8.90. The van der Waals surface area contributed by atoms with Gasteiger partial charge in [0.05, 0.1) is 37.5 Å². The van der Waals surface area contributed by atoms with E-state index in [1.54, 1.807) is 26.2 Å². The summed E-state index contributed by atoms with van der Waals surface area (Å²) < 4.78 is 59.2. The van der Waals surface area contributed by atoms with Crippen molar-refractivity contribution >= 4 is 16.7 Å². The molecule has 0 atom stereocenters. The van der Waals surface area contributed by atoms with Gasteiger partial charge in [-0.3, -0.25) is 0 Å². The highest BCUT2D eigenvalue weighted by Crippen LogP contribution is 2.35. The van der Waals surface area contributed by atoms with Gasteiger partial charge in [-0.2, -0.15) is 0 Å². The van der Waals surface area contributed by atoms with E-state index in [0.29, 0.717) is 60.3 Å². The molecule has 1 aromatic heterocycles. The first-order valence-corrected chi connectivity index (χ1v) is 11.3. The molecule has 6 nitrogen and oxygen atoms in total. The molecular weight excluding hydrogens is 447 g/mol. The van der Waals surface area contributed by atoms with Crippen molar-refractivity contribution in [3.8, 4) is 11.5 Å². The maximum Gasteiger partial charge on any atom is 0.273 e. The predicted octanol–water partition coefficient (Wildman–Crippen LogP) is 5.76. The smallest absolute Gasteiger partial charge is 0.273 e. The molecule has 0 bridgehead atoms. The number of nitrogens with zero attached hydrogens (tertiary/aromatic N) is 2. The van der Waals surface area contributed by atoms with E-state index in [2.05, 4.69) is 15.3 Å². The molecule has 34 heavy (non-hydrogen) atoms. The molecular formula is C25H28F3N3O3. The van der Waals surface area contributed by atoms with E-state index in [-0.39, 0.29) is 12.1 Å². The van der Waals surface area contributed by atoms with Gasteiger partial charge in [-0.15, -0.1) is 0 Å². The molecule has 4 rings (SSSR count). The second-order valence-electron chi connectivity index (χ2n) is 8.43. The number of anilines is 1. The second-order valence-corrected chi connectivity index (χ2v) is 8.43. The van der Waals surface area contributed by atoms with Crippen LogP contribution in [0.25, 0.3) is 10.9 Å². The van der Waals surface area contributed by atoms with Gasteiger partial charge in [0.1, 0.15) is 17.5 Å². The summed E-state index contributed by atoms with van der Waals surface area (Å²) >= 11 is 0. The van der Waals surface area contributed by atoms with Crippen LogP contribution in [0.4, 0.5) is 19.0 Å². The van der Waals surface area contributed by atoms with Crippen LogP contribution in [0.15, 0.2) is 30.3 Å². The van der Waals surface area contributed by atoms with Crippen LogP contribution in [0.3, 0.4) is 0 Å². The minimum absolute atomic E-state index is 0.0258. The topological polar surface area (TPSA) is 65.5 Å². The Hall–Kier alpha value is -3.07. The van der Waals surface area contributed by atoms with Crippen molar-refractivity contribution in [2.75, 3.05) is 25.6 Å². The summed E-state index contributed by atoms with van der Waals surface area (Å²) in [6, 6.07) is 7.50. The van der Waals surface area contributed by atoms with E-state index in [1.807, 2.05) is 0 Å². The van der Waals surface area contributed by atoms with Gasteiger partial charge in [0.2, 0.25) is 0 Å². The standard InChI is InChI=1S/C25H28F3N3O3/c1-15-30-20-13-21(32-3)22(34-11-5-10-33-17-8-9-17)12-18(20)24(31-15)29-14-16-6-4-7-19(23(16)26)25(2,27)28/h4,6-7,12-13,17H,5,8-11,14H2,1-3H3,(H,29,30,31). The summed E-state index contributed by atoms with van der Waals surface area (Å²) in [6.45, 7) is 3.48. The quantitative estimate of drug-likeness (QED) is 0.356. The SMILES string of the molecule is COc1cc2nc(C)nc(NCc3cccc(C(C)(F)F)c3F)c2cc1OCCCOC1CC1. The number of hydrogen-bond acceptors (Lipinski definition) is 6. The normalized spacial score (nSPS) is 13.8. The van der Waals surface area contributed by atoms with Gasteiger partial charge >= 0.3 is 0 Å². The zero-order valence-corrected chi connectivity index (χ0v) is 19.5. The van der Waals surface area contributed by atoms with Crippen LogP contribution in [-0.4, -0.2) is 36.4 Å². The number of nitrogens with one attached hydrogen (secondary N) is 1. The maximum absolute atomic E-state index is 14.7.